The highest BCUT2D eigenvalue weighted by molar-refractivity contribution is 6.59. The lowest BCUT2D eigenvalue weighted by atomic mass is 9.79. The first-order chi connectivity index (χ1) is 10.6. The van der Waals surface area contributed by atoms with Crippen molar-refractivity contribution in [1.29, 1.82) is 0 Å². The van der Waals surface area contributed by atoms with Gasteiger partial charge in [-0.05, 0) is 40.7 Å². The van der Waals surface area contributed by atoms with Crippen LogP contribution >= 0.6 is 0 Å². The maximum atomic E-state index is 12.3. The summed E-state index contributed by atoms with van der Waals surface area (Å²) in [6.07, 6.45) is 0.958. The number of carbonyl (C=O) groups is 1. The molecule has 0 aliphatic rings. The van der Waals surface area contributed by atoms with Crippen molar-refractivity contribution in [3.05, 3.63) is 18.0 Å². The fraction of sp³-hybridized carbons (Fsp3) is 0.600. The first-order valence-electron chi connectivity index (χ1n) is 7.50. The Hall–Kier alpha value is -1.80. The molecule has 1 rings (SSSR count). The van der Waals surface area contributed by atoms with Gasteiger partial charge in [-0.1, -0.05) is 0 Å². The molecule has 0 fully saturated rings. The molecule has 0 aliphatic carbocycles. The molecule has 2 N–H and O–H groups in total. The Kier molecular flexibility index (Phi) is 6.41. The van der Waals surface area contributed by atoms with Crippen molar-refractivity contribution in [2.75, 3.05) is 13.7 Å². The Morgan fingerprint density at radius 2 is 2.04 bits per heavy atom. The molecule has 1 amide bonds. The predicted molar refractivity (Wildman–Crippen MR) is 87.6 cm³/mol. The van der Waals surface area contributed by atoms with E-state index in [0.717, 1.165) is 0 Å². The number of ether oxygens (including phenoxy) is 2. The van der Waals surface area contributed by atoms with Gasteiger partial charge < -0.3 is 24.4 Å². The number of carbonyl (C=O) groups excluding carboxylic acids is 1. The zero-order valence-corrected chi connectivity index (χ0v) is 14.5. The molecule has 0 spiro atoms. The quantitative estimate of drug-likeness (QED) is 0.788. The van der Waals surface area contributed by atoms with Gasteiger partial charge in [0.2, 0.25) is 0 Å². The molecule has 1 aromatic rings. The van der Waals surface area contributed by atoms with Gasteiger partial charge in [0, 0.05) is 12.0 Å². The lowest BCUT2D eigenvalue weighted by Gasteiger charge is -2.30. The predicted octanol–water partition coefficient (Wildman–Crippen LogP) is 1.09. The number of rotatable bonds is 5. The maximum Gasteiger partial charge on any atom is 0.492 e. The van der Waals surface area contributed by atoms with E-state index >= 15 is 0 Å². The van der Waals surface area contributed by atoms with Crippen molar-refractivity contribution in [1.82, 2.24) is 9.88 Å². The normalized spacial score (nSPS) is 12.5. The molecule has 1 aromatic heterocycles. The molecule has 7 nitrogen and oxygen atoms in total. The van der Waals surface area contributed by atoms with Gasteiger partial charge in [-0.3, -0.25) is 4.98 Å². The zero-order valence-electron chi connectivity index (χ0n) is 14.5. The number of pyridine rings is 1. The van der Waals surface area contributed by atoms with Crippen LogP contribution in [-0.2, 0) is 4.74 Å². The van der Waals surface area contributed by atoms with Crippen molar-refractivity contribution < 1.29 is 24.3 Å². The van der Waals surface area contributed by atoms with Crippen molar-refractivity contribution >= 4 is 18.7 Å². The van der Waals surface area contributed by atoms with Crippen molar-refractivity contribution in [2.24, 2.45) is 0 Å². The number of methoxy groups -OCH3 is 1. The Morgan fingerprint density at radius 1 is 1.43 bits per heavy atom. The fourth-order valence-electron chi connectivity index (χ4n) is 2.12. The van der Waals surface area contributed by atoms with Crippen LogP contribution in [-0.4, -0.2) is 52.4 Å². The highest BCUT2D eigenvalue weighted by Gasteiger charge is 2.28. The second-order valence-electron chi connectivity index (χ2n) is 6.17. The largest absolute Gasteiger partial charge is 0.496 e. The Balaban J connectivity index is 3.08. The van der Waals surface area contributed by atoms with E-state index in [2.05, 4.69) is 4.98 Å². The lowest BCUT2D eigenvalue weighted by Crippen LogP contribution is -2.39. The van der Waals surface area contributed by atoms with Gasteiger partial charge in [0.25, 0.3) is 0 Å². The minimum Gasteiger partial charge on any atom is -0.496 e. The van der Waals surface area contributed by atoms with Crippen molar-refractivity contribution in [3.8, 4) is 5.75 Å². The third-order valence-electron chi connectivity index (χ3n) is 3.28. The second kappa shape index (κ2) is 7.65. The van der Waals surface area contributed by atoms with Crippen LogP contribution in [0.2, 0.25) is 0 Å². The molecule has 128 valence electrons. The molecule has 1 unspecified atom stereocenters. The van der Waals surface area contributed by atoms with Crippen LogP contribution in [0.15, 0.2) is 12.3 Å². The van der Waals surface area contributed by atoms with E-state index in [-0.39, 0.29) is 11.2 Å². The number of amides is 1. The summed E-state index contributed by atoms with van der Waals surface area (Å²) in [5.41, 5.74) is 0.121. The van der Waals surface area contributed by atoms with Gasteiger partial charge in [-0.25, -0.2) is 4.79 Å². The third kappa shape index (κ3) is 5.11. The van der Waals surface area contributed by atoms with E-state index in [1.54, 1.807) is 27.7 Å². The first kappa shape index (κ1) is 19.3. The van der Waals surface area contributed by atoms with Crippen LogP contribution in [0.3, 0.4) is 0 Å². The summed E-state index contributed by atoms with van der Waals surface area (Å²) >= 11 is 0. The van der Waals surface area contributed by atoms with Crippen LogP contribution in [0, 0.1) is 0 Å². The average Bonchev–Trinajstić information content (AvgIpc) is 2.45. The topological polar surface area (TPSA) is 92.1 Å². The standard InChI is InChI=1S/C15H25BN2O5/c1-7-18(14(19)23-15(3,4)5)10(2)12-8-11(16(20)21)13(22-6)9-17-12/h8-10,20-21H,7H2,1-6H3. The van der Waals surface area contributed by atoms with Crippen molar-refractivity contribution in [3.63, 3.8) is 0 Å². The number of aromatic nitrogens is 1. The Morgan fingerprint density at radius 3 is 2.48 bits per heavy atom. The first-order valence-corrected chi connectivity index (χ1v) is 7.50. The van der Waals surface area contributed by atoms with Gasteiger partial charge in [-0.15, -0.1) is 0 Å². The van der Waals surface area contributed by atoms with Crippen LogP contribution in [0.4, 0.5) is 4.79 Å². The third-order valence-corrected chi connectivity index (χ3v) is 3.28. The molecule has 0 saturated heterocycles. The van der Waals surface area contributed by atoms with Crippen molar-refractivity contribution in [2.45, 2.75) is 46.3 Å². The zero-order chi connectivity index (χ0) is 17.8. The minimum atomic E-state index is -1.68. The number of nitrogens with zero attached hydrogens (tertiary/aromatic N) is 2. The number of hydrogen-bond donors (Lipinski definition) is 2. The van der Waals surface area contributed by atoms with E-state index in [9.17, 15) is 14.8 Å². The average molecular weight is 324 g/mol. The van der Waals surface area contributed by atoms with Gasteiger partial charge in [-0.2, -0.15) is 0 Å². The van der Waals surface area contributed by atoms with E-state index in [0.29, 0.717) is 12.2 Å². The summed E-state index contributed by atoms with van der Waals surface area (Å²) in [5.74, 6) is 0.274. The summed E-state index contributed by atoms with van der Waals surface area (Å²) in [6.45, 7) is 9.47. The lowest BCUT2D eigenvalue weighted by molar-refractivity contribution is 0.0182. The van der Waals surface area contributed by atoms with Crippen LogP contribution < -0.4 is 10.2 Å². The fourth-order valence-corrected chi connectivity index (χ4v) is 2.12. The molecular formula is C15H25BN2O5. The van der Waals surface area contributed by atoms with Gasteiger partial charge in [0.15, 0.2) is 0 Å². The summed E-state index contributed by atoms with van der Waals surface area (Å²) < 4.78 is 10.4. The monoisotopic (exact) mass is 324 g/mol. The highest BCUT2D eigenvalue weighted by atomic mass is 16.6. The molecular weight excluding hydrogens is 299 g/mol. The minimum absolute atomic E-state index is 0.199. The molecule has 0 bridgehead atoms. The number of hydrogen-bond acceptors (Lipinski definition) is 6. The smallest absolute Gasteiger partial charge is 0.492 e. The Bertz CT molecular complexity index is 545. The van der Waals surface area contributed by atoms with Crippen LogP contribution in [0.5, 0.6) is 5.75 Å². The summed E-state index contributed by atoms with van der Waals surface area (Å²) in [4.78, 5) is 18.1. The van der Waals surface area contributed by atoms with Crippen LogP contribution in [0.25, 0.3) is 0 Å². The molecule has 1 heterocycles. The van der Waals surface area contributed by atoms with E-state index in [1.807, 2.05) is 6.92 Å². The SMILES string of the molecule is CCN(C(=O)OC(C)(C)C)C(C)c1cc(B(O)O)c(OC)cn1. The summed E-state index contributed by atoms with van der Waals surface area (Å²) in [5, 5.41) is 18.9. The van der Waals surface area contributed by atoms with E-state index < -0.39 is 24.9 Å². The van der Waals surface area contributed by atoms with E-state index in [4.69, 9.17) is 9.47 Å². The summed E-state index contributed by atoms with van der Waals surface area (Å²) in [6, 6.07) is 1.12. The molecule has 8 heteroatoms. The molecule has 0 aliphatic heterocycles. The van der Waals surface area contributed by atoms with Gasteiger partial charge in [0.05, 0.1) is 25.0 Å². The molecule has 1 atom stereocenters. The maximum absolute atomic E-state index is 12.3. The molecule has 0 saturated carbocycles. The second-order valence-corrected chi connectivity index (χ2v) is 6.17. The van der Waals surface area contributed by atoms with Gasteiger partial charge >= 0.3 is 13.2 Å². The Labute approximate surface area is 137 Å². The molecule has 0 aromatic carbocycles. The van der Waals surface area contributed by atoms with Gasteiger partial charge in [0.1, 0.15) is 11.4 Å². The highest BCUT2D eigenvalue weighted by Crippen LogP contribution is 2.22. The van der Waals surface area contributed by atoms with E-state index in [1.165, 1.54) is 24.3 Å². The summed E-state index contributed by atoms with van der Waals surface area (Å²) in [7, 11) is -0.263. The molecule has 23 heavy (non-hydrogen) atoms. The van der Waals surface area contributed by atoms with Crippen LogP contribution in [0.1, 0.15) is 46.4 Å². The molecule has 0 radical (unpaired) electrons.